The molecule has 5 nitrogen and oxygen atoms in total. The number of rotatable bonds is 5. The molecule has 0 aromatic heterocycles. The Kier molecular flexibility index (Phi) is 7.10. The molecule has 25 heavy (non-hydrogen) atoms. The first-order valence-electron chi connectivity index (χ1n) is 7.50. The first-order chi connectivity index (χ1) is 11.3. The zero-order valence-corrected chi connectivity index (χ0v) is 14.8. The van der Waals surface area contributed by atoms with E-state index >= 15 is 0 Å². The van der Waals surface area contributed by atoms with Gasteiger partial charge in [-0.2, -0.15) is 13.2 Å². The summed E-state index contributed by atoms with van der Waals surface area (Å²) < 4.78 is 43.3. The molecule has 3 N–H and O–H groups in total. The van der Waals surface area contributed by atoms with Gasteiger partial charge in [-0.3, -0.25) is 0 Å². The number of halogens is 4. The van der Waals surface area contributed by atoms with Gasteiger partial charge in [-0.25, -0.2) is 4.79 Å². The van der Waals surface area contributed by atoms with Crippen molar-refractivity contribution in [2.24, 2.45) is 0 Å². The molecular weight excluding hydrogens is 363 g/mol. The lowest BCUT2D eigenvalue weighted by Crippen LogP contribution is -2.34. The molecule has 0 heterocycles. The normalized spacial score (nSPS) is 14.8. The first kappa shape index (κ1) is 21.5. The van der Waals surface area contributed by atoms with Crippen LogP contribution in [0.3, 0.4) is 0 Å². The van der Waals surface area contributed by atoms with Crippen molar-refractivity contribution in [1.29, 1.82) is 0 Å². The van der Waals surface area contributed by atoms with Gasteiger partial charge >= 0.3 is 12.3 Å². The molecule has 0 bridgehead atoms. The molecule has 0 aliphatic carbocycles. The van der Waals surface area contributed by atoms with Crippen LogP contribution in [0.4, 0.5) is 18.0 Å². The molecule has 9 heteroatoms. The highest BCUT2D eigenvalue weighted by atomic mass is 35.5. The van der Waals surface area contributed by atoms with E-state index in [4.69, 9.17) is 16.3 Å². The molecule has 0 saturated carbocycles. The summed E-state index contributed by atoms with van der Waals surface area (Å²) in [5.41, 5.74) is -1.87. The van der Waals surface area contributed by atoms with Gasteiger partial charge in [-0.1, -0.05) is 11.6 Å². The molecular formula is C16H21ClF3NO4. The number of carbonyl (C=O) groups is 1. The topological polar surface area (TPSA) is 78.8 Å². The monoisotopic (exact) mass is 383 g/mol. The second kappa shape index (κ2) is 8.25. The van der Waals surface area contributed by atoms with Gasteiger partial charge in [0.1, 0.15) is 11.7 Å². The first-order valence-corrected chi connectivity index (χ1v) is 7.88. The highest BCUT2D eigenvalue weighted by molar-refractivity contribution is 6.30. The predicted molar refractivity (Wildman–Crippen MR) is 86.3 cm³/mol. The maximum Gasteiger partial charge on any atom is 0.416 e. The highest BCUT2D eigenvalue weighted by Crippen LogP contribution is 2.34. The summed E-state index contributed by atoms with van der Waals surface area (Å²) >= 11 is 5.65. The maximum absolute atomic E-state index is 12.8. The maximum atomic E-state index is 12.8. The van der Waals surface area contributed by atoms with Gasteiger partial charge in [0, 0.05) is 11.6 Å². The SMILES string of the molecule is CC(C)(C)OC(=O)NCCC(O)C(O)c1cc(Cl)cc(C(F)(F)F)c1. The minimum atomic E-state index is -4.62. The molecule has 0 saturated heterocycles. The van der Waals surface area contributed by atoms with Crippen LogP contribution < -0.4 is 5.32 Å². The molecule has 0 aliphatic rings. The summed E-state index contributed by atoms with van der Waals surface area (Å²) in [7, 11) is 0. The Morgan fingerprint density at radius 3 is 2.36 bits per heavy atom. The molecule has 1 amide bonds. The average Bonchev–Trinajstić information content (AvgIpc) is 2.42. The van der Waals surface area contributed by atoms with Crippen molar-refractivity contribution in [3.05, 3.63) is 34.3 Å². The highest BCUT2D eigenvalue weighted by Gasteiger charge is 2.32. The van der Waals surface area contributed by atoms with E-state index in [-0.39, 0.29) is 23.6 Å². The summed E-state index contributed by atoms with van der Waals surface area (Å²) in [5, 5.41) is 22.1. The number of aliphatic hydroxyl groups is 2. The van der Waals surface area contributed by atoms with Gasteiger partial charge < -0.3 is 20.3 Å². The van der Waals surface area contributed by atoms with Gasteiger partial charge in [0.15, 0.2) is 0 Å². The fourth-order valence-electron chi connectivity index (χ4n) is 1.96. The molecule has 2 unspecified atom stereocenters. The van der Waals surface area contributed by atoms with Gasteiger partial charge in [-0.15, -0.1) is 0 Å². The van der Waals surface area contributed by atoms with Crippen LogP contribution in [-0.4, -0.2) is 34.6 Å². The Bertz CT molecular complexity index is 602. The Morgan fingerprint density at radius 2 is 1.84 bits per heavy atom. The van der Waals surface area contributed by atoms with Crippen molar-refractivity contribution in [2.45, 2.75) is 51.2 Å². The van der Waals surface area contributed by atoms with Crippen LogP contribution in [0.1, 0.15) is 44.4 Å². The smallest absolute Gasteiger partial charge is 0.416 e. The minimum Gasteiger partial charge on any atom is -0.444 e. The Hall–Kier alpha value is -1.51. The quantitative estimate of drug-likeness (QED) is 0.725. The van der Waals surface area contributed by atoms with E-state index < -0.39 is 35.6 Å². The summed E-state index contributed by atoms with van der Waals surface area (Å²) in [5.74, 6) is 0. The second-order valence-electron chi connectivity index (χ2n) is 6.50. The van der Waals surface area contributed by atoms with Gasteiger partial charge in [0.2, 0.25) is 0 Å². The summed E-state index contributed by atoms with van der Waals surface area (Å²) in [6.45, 7) is 5.02. The molecule has 0 spiro atoms. The van der Waals surface area contributed by atoms with Crippen molar-refractivity contribution >= 4 is 17.7 Å². The van der Waals surface area contributed by atoms with E-state index in [0.29, 0.717) is 0 Å². The zero-order chi connectivity index (χ0) is 19.4. The van der Waals surface area contributed by atoms with E-state index in [9.17, 15) is 28.2 Å². The number of hydrogen-bond acceptors (Lipinski definition) is 4. The molecule has 142 valence electrons. The van der Waals surface area contributed by atoms with E-state index in [2.05, 4.69) is 5.32 Å². The predicted octanol–water partition coefficient (Wildman–Crippen LogP) is 3.67. The molecule has 1 aromatic rings. The van der Waals surface area contributed by atoms with Gasteiger partial charge in [0.05, 0.1) is 11.7 Å². The second-order valence-corrected chi connectivity index (χ2v) is 6.94. The molecule has 0 radical (unpaired) electrons. The Labute approximate surface area is 148 Å². The number of benzene rings is 1. The molecule has 1 rings (SSSR count). The molecule has 0 aliphatic heterocycles. The number of aliphatic hydroxyl groups excluding tert-OH is 2. The van der Waals surface area contributed by atoms with Gasteiger partial charge in [-0.05, 0) is 51.0 Å². The van der Waals surface area contributed by atoms with Crippen molar-refractivity contribution < 1.29 is 32.9 Å². The van der Waals surface area contributed by atoms with E-state index in [1.165, 1.54) is 0 Å². The number of carbonyl (C=O) groups excluding carboxylic acids is 1. The third kappa shape index (κ3) is 7.50. The number of alkyl halides is 3. The summed E-state index contributed by atoms with van der Waals surface area (Å²) in [4.78, 5) is 11.5. The van der Waals surface area contributed by atoms with Crippen LogP contribution in [0, 0.1) is 0 Å². The Balaban J connectivity index is 2.66. The lowest BCUT2D eigenvalue weighted by Gasteiger charge is -2.22. The Morgan fingerprint density at radius 1 is 1.24 bits per heavy atom. The number of alkyl carbamates (subject to hydrolysis) is 1. The number of nitrogens with one attached hydrogen (secondary N) is 1. The van der Waals surface area contributed by atoms with E-state index in [0.717, 1.165) is 18.2 Å². The lowest BCUT2D eigenvalue weighted by atomic mass is 10.00. The van der Waals surface area contributed by atoms with Crippen LogP contribution in [0.25, 0.3) is 0 Å². The van der Waals surface area contributed by atoms with Crippen LogP contribution in [0.5, 0.6) is 0 Å². The van der Waals surface area contributed by atoms with Crippen molar-refractivity contribution in [3.63, 3.8) is 0 Å². The van der Waals surface area contributed by atoms with Crippen LogP contribution in [0.15, 0.2) is 18.2 Å². The van der Waals surface area contributed by atoms with Crippen LogP contribution in [0.2, 0.25) is 5.02 Å². The number of ether oxygens (including phenoxy) is 1. The average molecular weight is 384 g/mol. The number of amides is 1. The van der Waals surface area contributed by atoms with Crippen LogP contribution in [-0.2, 0) is 10.9 Å². The molecule has 2 atom stereocenters. The van der Waals surface area contributed by atoms with E-state index in [1.54, 1.807) is 20.8 Å². The lowest BCUT2D eigenvalue weighted by molar-refractivity contribution is -0.137. The fraction of sp³-hybridized carbons (Fsp3) is 0.562. The molecule has 1 aromatic carbocycles. The molecule has 0 fully saturated rings. The standard InChI is InChI=1S/C16H21ClF3NO4/c1-15(2,3)25-14(24)21-5-4-12(22)13(23)9-6-10(16(18,19)20)8-11(17)7-9/h6-8,12-13,22-23H,4-5H2,1-3H3,(H,21,24). The fourth-order valence-corrected chi connectivity index (χ4v) is 2.21. The van der Waals surface area contributed by atoms with Crippen molar-refractivity contribution in [1.82, 2.24) is 5.32 Å². The third-order valence-corrected chi connectivity index (χ3v) is 3.28. The van der Waals surface area contributed by atoms with E-state index in [1.807, 2.05) is 0 Å². The van der Waals surface area contributed by atoms with Crippen LogP contribution >= 0.6 is 11.6 Å². The number of hydrogen-bond donors (Lipinski definition) is 3. The minimum absolute atomic E-state index is 0.0279. The largest absolute Gasteiger partial charge is 0.444 e. The zero-order valence-electron chi connectivity index (χ0n) is 14.0. The summed E-state index contributed by atoms with van der Waals surface area (Å²) in [6.07, 6.45) is -8.39. The van der Waals surface area contributed by atoms with Crippen molar-refractivity contribution in [2.75, 3.05) is 6.54 Å². The third-order valence-electron chi connectivity index (χ3n) is 3.06. The van der Waals surface area contributed by atoms with Gasteiger partial charge in [0.25, 0.3) is 0 Å². The van der Waals surface area contributed by atoms with Crippen molar-refractivity contribution in [3.8, 4) is 0 Å². The summed E-state index contributed by atoms with van der Waals surface area (Å²) in [6, 6.07) is 2.60.